The second-order valence-corrected chi connectivity index (χ2v) is 6.79. The number of carbonyl (C=O) groups excluding carboxylic acids is 2. The summed E-state index contributed by atoms with van der Waals surface area (Å²) in [5.74, 6) is -0.783. The standard InChI is InChI=1S/C20H21ClN2O4/c1-5-27-17(24)10-23-16-8-11(2)22-19(26-4)18(16)14-7-6-13(21)9-15(14)12(3)20(23)25/h6-9,12H,5,10H2,1-4H3. The number of pyridine rings is 1. The van der Waals surface area contributed by atoms with Crippen LogP contribution in [-0.2, 0) is 14.3 Å². The summed E-state index contributed by atoms with van der Waals surface area (Å²) in [6, 6.07) is 7.18. The number of esters is 1. The Balaban J connectivity index is 2.29. The number of aryl methyl sites for hydroxylation is 1. The molecule has 1 amide bonds. The number of amides is 1. The number of anilines is 1. The van der Waals surface area contributed by atoms with Crippen LogP contribution in [0.4, 0.5) is 5.69 Å². The molecule has 0 saturated carbocycles. The van der Waals surface area contributed by atoms with Gasteiger partial charge in [-0.3, -0.25) is 14.5 Å². The number of carbonyl (C=O) groups is 2. The Bertz CT molecular complexity index is 913. The Morgan fingerprint density at radius 3 is 2.74 bits per heavy atom. The quantitative estimate of drug-likeness (QED) is 0.746. The molecule has 1 aromatic heterocycles. The van der Waals surface area contributed by atoms with E-state index in [1.54, 1.807) is 32.0 Å². The molecular formula is C20H21ClN2O4. The molecule has 1 atom stereocenters. The summed E-state index contributed by atoms with van der Waals surface area (Å²) in [4.78, 5) is 31.3. The number of aromatic nitrogens is 1. The van der Waals surface area contributed by atoms with Gasteiger partial charge in [-0.15, -0.1) is 0 Å². The fraction of sp³-hybridized carbons (Fsp3) is 0.350. The largest absolute Gasteiger partial charge is 0.480 e. The lowest BCUT2D eigenvalue weighted by molar-refractivity contribution is -0.142. The number of fused-ring (bicyclic) bond motifs is 3. The number of hydrogen-bond acceptors (Lipinski definition) is 5. The highest BCUT2D eigenvalue weighted by molar-refractivity contribution is 6.30. The molecule has 0 N–H and O–H groups in total. The minimum Gasteiger partial charge on any atom is -0.480 e. The molecule has 1 aromatic carbocycles. The lowest BCUT2D eigenvalue weighted by atomic mass is 9.92. The lowest BCUT2D eigenvalue weighted by Gasteiger charge is -2.24. The van der Waals surface area contributed by atoms with E-state index >= 15 is 0 Å². The van der Waals surface area contributed by atoms with Crippen molar-refractivity contribution in [3.63, 3.8) is 0 Å². The van der Waals surface area contributed by atoms with Gasteiger partial charge in [0, 0.05) is 10.7 Å². The Labute approximate surface area is 163 Å². The average molecular weight is 389 g/mol. The zero-order chi connectivity index (χ0) is 19.7. The van der Waals surface area contributed by atoms with E-state index < -0.39 is 11.9 Å². The molecule has 0 fully saturated rings. The van der Waals surface area contributed by atoms with Crippen LogP contribution in [0.1, 0.15) is 31.0 Å². The molecule has 0 bridgehead atoms. The van der Waals surface area contributed by atoms with E-state index in [4.69, 9.17) is 21.1 Å². The number of nitrogens with zero attached hydrogens (tertiary/aromatic N) is 2. The molecule has 1 aliphatic heterocycles. The van der Waals surface area contributed by atoms with Crippen molar-refractivity contribution in [3.8, 4) is 17.0 Å². The van der Waals surface area contributed by atoms with Crippen LogP contribution < -0.4 is 9.64 Å². The topological polar surface area (TPSA) is 68.7 Å². The van der Waals surface area contributed by atoms with Crippen LogP contribution in [0.3, 0.4) is 0 Å². The summed E-state index contributed by atoms with van der Waals surface area (Å²) in [5.41, 5.74) is 3.49. The minimum absolute atomic E-state index is 0.182. The first-order valence-corrected chi connectivity index (χ1v) is 9.07. The molecule has 27 heavy (non-hydrogen) atoms. The van der Waals surface area contributed by atoms with Crippen molar-refractivity contribution in [2.75, 3.05) is 25.2 Å². The second-order valence-electron chi connectivity index (χ2n) is 6.35. The Hall–Kier alpha value is -2.60. The molecule has 2 heterocycles. The first-order valence-electron chi connectivity index (χ1n) is 8.69. The maximum Gasteiger partial charge on any atom is 0.326 e. The van der Waals surface area contributed by atoms with Gasteiger partial charge in [-0.1, -0.05) is 17.7 Å². The Morgan fingerprint density at radius 1 is 1.33 bits per heavy atom. The monoisotopic (exact) mass is 388 g/mol. The van der Waals surface area contributed by atoms with Gasteiger partial charge in [-0.2, -0.15) is 0 Å². The molecule has 0 spiro atoms. The molecule has 1 aliphatic rings. The third kappa shape index (κ3) is 3.49. The third-order valence-corrected chi connectivity index (χ3v) is 4.79. The lowest BCUT2D eigenvalue weighted by Crippen LogP contribution is -2.38. The van der Waals surface area contributed by atoms with Crippen molar-refractivity contribution in [1.82, 2.24) is 4.98 Å². The highest BCUT2D eigenvalue weighted by atomic mass is 35.5. The van der Waals surface area contributed by atoms with Gasteiger partial charge in [0.2, 0.25) is 11.8 Å². The van der Waals surface area contributed by atoms with Gasteiger partial charge in [0.05, 0.1) is 30.9 Å². The zero-order valence-electron chi connectivity index (χ0n) is 15.7. The number of hydrogen-bond donors (Lipinski definition) is 0. The number of rotatable bonds is 4. The molecular weight excluding hydrogens is 368 g/mol. The molecule has 0 aliphatic carbocycles. The second kappa shape index (κ2) is 7.56. The van der Waals surface area contributed by atoms with E-state index in [-0.39, 0.29) is 19.1 Å². The first kappa shape index (κ1) is 19.2. The van der Waals surface area contributed by atoms with Gasteiger partial charge in [-0.05, 0) is 50.1 Å². The Kier molecular flexibility index (Phi) is 5.37. The van der Waals surface area contributed by atoms with Gasteiger partial charge in [0.1, 0.15) is 6.54 Å². The average Bonchev–Trinajstić information content (AvgIpc) is 2.71. The van der Waals surface area contributed by atoms with Crippen molar-refractivity contribution in [2.45, 2.75) is 26.7 Å². The van der Waals surface area contributed by atoms with Crippen molar-refractivity contribution >= 4 is 29.2 Å². The van der Waals surface area contributed by atoms with Crippen molar-refractivity contribution in [3.05, 3.63) is 40.5 Å². The van der Waals surface area contributed by atoms with E-state index in [2.05, 4.69) is 4.98 Å². The van der Waals surface area contributed by atoms with E-state index in [0.717, 1.165) is 11.1 Å². The minimum atomic E-state index is -0.495. The number of ether oxygens (including phenoxy) is 2. The fourth-order valence-electron chi connectivity index (χ4n) is 3.35. The summed E-state index contributed by atoms with van der Waals surface area (Å²) in [5, 5.41) is 0.535. The summed E-state index contributed by atoms with van der Waals surface area (Å²) >= 11 is 6.19. The summed E-state index contributed by atoms with van der Waals surface area (Å²) in [6.07, 6.45) is 0. The van der Waals surface area contributed by atoms with Gasteiger partial charge >= 0.3 is 5.97 Å². The predicted molar refractivity (Wildman–Crippen MR) is 103 cm³/mol. The first-order chi connectivity index (χ1) is 12.9. The van der Waals surface area contributed by atoms with E-state index in [9.17, 15) is 9.59 Å². The van der Waals surface area contributed by atoms with Crippen molar-refractivity contribution in [1.29, 1.82) is 0 Å². The van der Waals surface area contributed by atoms with Crippen LogP contribution in [0, 0.1) is 6.92 Å². The SMILES string of the molecule is CCOC(=O)CN1C(=O)C(C)c2cc(Cl)ccc2-c2c1cc(C)nc2OC. The fourth-order valence-corrected chi connectivity index (χ4v) is 3.53. The van der Waals surface area contributed by atoms with E-state index in [1.807, 2.05) is 13.0 Å². The number of benzene rings is 1. The molecule has 0 radical (unpaired) electrons. The van der Waals surface area contributed by atoms with Gasteiger partial charge in [-0.25, -0.2) is 4.98 Å². The van der Waals surface area contributed by atoms with Crippen LogP contribution >= 0.6 is 11.6 Å². The van der Waals surface area contributed by atoms with E-state index in [0.29, 0.717) is 27.8 Å². The molecule has 142 valence electrons. The number of halogens is 1. The third-order valence-electron chi connectivity index (χ3n) is 4.56. The molecule has 2 aromatic rings. The maximum absolute atomic E-state index is 13.2. The Morgan fingerprint density at radius 2 is 2.07 bits per heavy atom. The van der Waals surface area contributed by atoms with Crippen LogP contribution in [0.5, 0.6) is 5.88 Å². The normalized spacial score (nSPS) is 15.7. The molecule has 0 saturated heterocycles. The van der Waals surface area contributed by atoms with Crippen LogP contribution in [0.25, 0.3) is 11.1 Å². The van der Waals surface area contributed by atoms with E-state index in [1.165, 1.54) is 12.0 Å². The van der Waals surface area contributed by atoms with Gasteiger partial charge in [0.25, 0.3) is 0 Å². The highest BCUT2D eigenvalue weighted by Gasteiger charge is 2.35. The summed E-state index contributed by atoms with van der Waals surface area (Å²) in [7, 11) is 1.53. The van der Waals surface area contributed by atoms with Crippen LogP contribution in [0.2, 0.25) is 5.02 Å². The molecule has 1 unspecified atom stereocenters. The van der Waals surface area contributed by atoms with Crippen molar-refractivity contribution in [2.24, 2.45) is 0 Å². The van der Waals surface area contributed by atoms with Crippen LogP contribution in [0.15, 0.2) is 24.3 Å². The van der Waals surface area contributed by atoms with Crippen LogP contribution in [-0.4, -0.2) is 37.1 Å². The number of methoxy groups -OCH3 is 1. The smallest absolute Gasteiger partial charge is 0.326 e. The molecule has 3 rings (SSSR count). The van der Waals surface area contributed by atoms with Gasteiger partial charge in [0.15, 0.2) is 0 Å². The zero-order valence-corrected chi connectivity index (χ0v) is 16.5. The highest BCUT2D eigenvalue weighted by Crippen LogP contribution is 2.45. The van der Waals surface area contributed by atoms with Gasteiger partial charge < -0.3 is 9.47 Å². The summed E-state index contributed by atoms with van der Waals surface area (Å²) < 4.78 is 10.6. The molecule has 7 heteroatoms. The predicted octanol–water partition coefficient (Wildman–Crippen LogP) is 3.73. The van der Waals surface area contributed by atoms with Crippen molar-refractivity contribution < 1.29 is 19.1 Å². The maximum atomic E-state index is 13.2. The summed E-state index contributed by atoms with van der Waals surface area (Å²) in [6.45, 7) is 5.41. The molecule has 6 nitrogen and oxygen atoms in total.